The Morgan fingerprint density at radius 3 is 2.65 bits per heavy atom. The van der Waals surface area contributed by atoms with E-state index < -0.39 is 10.0 Å². The minimum atomic E-state index is -3.51. The van der Waals surface area contributed by atoms with Crippen molar-refractivity contribution in [1.82, 2.24) is 14.2 Å². The Labute approximate surface area is 120 Å². The molecule has 2 heterocycles. The smallest absolute Gasteiger partial charge is 0.246 e. The van der Waals surface area contributed by atoms with E-state index in [-0.39, 0.29) is 10.9 Å². The Morgan fingerprint density at radius 1 is 1.40 bits per heavy atom. The molecule has 0 radical (unpaired) electrons. The van der Waals surface area contributed by atoms with E-state index in [1.807, 2.05) is 0 Å². The van der Waals surface area contributed by atoms with Crippen molar-refractivity contribution < 1.29 is 8.42 Å². The number of pyridine rings is 1. The number of nitrogens with one attached hydrogen (secondary N) is 1. The maximum Gasteiger partial charge on any atom is 0.246 e. The highest BCUT2D eigenvalue weighted by atomic mass is 32.2. The van der Waals surface area contributed by atoms with Gasteiger partial charge in [0.05, 0.1) is 0 Å². The molecule has 0 aliphatic carbocycles. The standard InChI is InChI=1S/C13H22N4O2S/c1-14-13-12(5-4-8-15-13)20(18,19)17(3)11-6-9-16(2)10-7-11/h4-5,8,11H,6-7,9-10H2,1-3H3,(H,14,15). The molecule has 0 amide bonds. The Kier molecular flexibility index (Phi) is 4.62. The van der Waals surface area contributed by atoms with E-state index >= 15 is 0 Å². The Hall–Kier alpha value is -1.18. The van der Waals surface area contributed by atoms with Crippen LogP contribution in [0.15, 0.2) is 23.2 Å². The van der Waals surface area contributed by atoms with Gasteiger partial charge in [-0.3, -0.25) is 0 Å². The van der Waals surface area contributed by atoms with Crippen LogP contribution in [0.4, 0.5) is 5.82 Å². The largest absolute Gasteiger partial charge is 0.372 e. The first-order chi connectivity index (χ1) is 9.46. The average molecular weight is 298 g/mol. The molecule has 1 aliphatic rings. The quantitative estimate of drug-likeness (QED) is 0.892. The van der Waals surface area contributed by atoms with Crippen molar-refractivity contribution >= 4 is 15.8 Å². The van der Waals surface area contributed by atoms with Crippen LogP contribution in [0.25, 0.3) is 0 Å². The SMILES string of the molecule is CNc1ncccc1S(=O)(=O)N(C)C1CCN(C)CC1. The third-order valence-electron chi connectivity index (χ3n) is 3.87. The van der Waals surface area contributed by atoms with Crippen LogP contribution >= 0.6 is 0 Å². The van der Waals surface area contributed by atoms with E-state index in [1.54, 1.807) is 32.4 Å². The first-order valence-electron chi connectivity index (χ1n) is 6.76. The zero-order chi connectivity index (χ0) is 14.8. The summed E-state index contributed by atoms with van der Waals surface area (Å²) in [5.74, 6) is 0.396. The number of piperidine rings is 1. The van der Waals surface area contributed by atoms with Crippen molar-refractivity contribution in [2.75, 3.05) is 39.5 Å². The fraction of sp³-hybridized carbons (Fsp3) is 0.615. The monoisotopic (exact) mass is 298 g/mol. The molecule has 2 rings (SSSR count). The van der Waals surface area contributed by atoms with E-state index in [9.17, 15) is 8.42 Å². The second-order valence-electron chi connectivity index (χ2n) is 5.16. The van der Waals surface area contributed by atoms with Gasteiger partial charge in [0.15, 0.2) is 0 Å². The summed E-state index contributed by atoms with van der Waals surface area (Å²) >= 11 is 0. The first kappa shape index (κ1) is 15.2. The highest BCUT2D eigenvalue weighted by molar-refractivity contribution is 7.89. The molecule has 0 bridgehead atoms. The summed E-state index contributed by atoms with van der Waals surface area (Å²) in [6.45, 7) is 1.85. The van der Waals surface area contributed by atoms with Gasteiger partial charge in [0.1, 0.15) is 10.7 Å². The Bertz CT molecular complexity index is 553. The van der Waals surface area contributed by atoms with Crippen LogP contribution in [0.2, 0.25) is 0 Å². The molecule has 0 spiro atoms. The molecule has 7 heteroatoms. The molecule has 0 atom stereocenters. The van der Waals surface area contributed by atoms with Gasteiger partial charge in [-0.1, -0.05) is 0 Å². The minimum absolute atomic E-state index is 0.0566. The zero-order valence-electron chi connectivity index (χ0n) is 12.2. The number of rotatable bonds is 4. The van der Waals surface area contributed by atoms with Crippen LogP contribution in [0, 0.1) is 0 Å². The van der Waals surface area contributed by atoms with Crippen molar-refractivity contribution in [1.29, 1.82) is 0 Å². The number of sulfonamides is 1. The van der Waals surface area contributed by atoms with Crippen LogP contribution in [-0.2, 0) is 10.0 Å². The lowest BCUT2D eigenvalue weighted by Crippen LogP contribution is -2.44. The molecular weight excluding hydrogens is 276 g/mol. The highest BCUT2D eigenvalue weighted by Crippen LogP contribution is 2.25. The summed E-state index contributed by atoms with van der Waals surface area (Å²) in [6.07, 6.45) is 3.31. The summed E-state index contributed by atoms with van der Waals surface area (Å²) < 4.78 is 26.9. The average Bonchev–Trinajstić information content (AvgIpc) is 2.47. The van der Waals surface area contributed by atoms with Gasteiger partial charge in [-0.25, -0.2) is 13.4 Å². The van der Waals surface area contributed by atoms with Crippen molar-refractivity contribution in [3.05, 3.63) is 18.3 Å². The van der Waals surface area contributed by atoms with Gasteiger partial charge in [0.25, 0.3) is 0 Å². The molecule has 0 saturated carbocycles. The summed E-state index contributed by atoms with van der Waals surface area (Å²) in [5.41, 5.74) is 0. The number of anilines is 1. The van der Waals surface area contributed by atoms with Crippen LogP contribution in [0.1, 0.15) is 12.8 Å². The molecule has 112 valence electrons. The predicted molar refractivity (Wildman–Crippen MR) is 79.3 cm³/mol. The molecule has 1 aliphatic heterocycles. The van der Waals surface area contributed by atoms with Gasteiger partial charge in [-0.05, 0) is 45.1 Å². The molecule has 0 aromatic carbocycles. The molecule has 20 heavy (non-hydrogen) atoms. The lowest BCUT2D eigenvalue weighted by atomic mass is 10.1. The molecule has 6 nitrogen and oxygen atoms in total. The van der Waals surface area contributed by atoms with Gasteiger partial charge in [0.2, 0.25) is 10.0 Å². The van der Waals surface area contributed by atoms with Gasteiger partial charge < -0.3 is 10.2 Å². The van der Waals surface area contributed by atoms with Crippen molar-refractivity contribution in [3.63, 3.8) is 0 Å². The molecule has 1 N–H and O–H groups in total. The number of likely N-dealkylation sites (tertiary alicyclic amines) is 1. The van der Waals surface area contributed by atoms with Crippen molar-refractivity contribution in [2.24, 2.45) is 0 Å². The summed E-state index contributed by atoms with van der Waals surface area (Å²) in [4.78, 5) is 6.54. The predicted octanol–water partition coefficient (Wildman–Crippen LogP) is 0.838. The van der Waals surface area contributed by atoms with Crippen molar-refractivity contribution in [2.45, 2.75) is 23.8 Å². The van der Waals surface area contributed by atoms with Crippen LogP contribution < -0.4 is 5.32 Å². The van der Waals surface area contributed by atoms with Gasteiger partial charge in [-0.2, -0.15) is 4.31 Å². The van der Waals surface area contributed by atoms with Gasteiger partial charge in [-0.15, -0.1) is 0 Å². The summed E-state index contributed by atoms with van der Waals surface area (Å²) in [5, 5.41) is 2.84. The van der Waals surface area contributed by atoms with Crippen LogP contribution in [-0.4, -0.2) is 62.9 Å². The Morgan fingerprint density at radius 2 is 2.05 bits per heavy atom. The van der Waals surface area contributed by atoms with E-state index in [2.05, 4.69) is 22.2 Å². The van der Waals surface area contributed by atoms with E-state index in [0.717, 1.165) is 25.9 Å². The second-order valence-corrected chi connectivity index (χ2v) is 7.12. The third-order valence-corrected chi connectivity index (χ3v) is 5.81. The molecule has 1 saturated heterocycles. The van der Waals surface area contributed by atoms with E-state index in [1.165, 1.54) is 4.31 Å². The van der Waals surface area contributed by atoms with Crippen LogP contribution in [0.3, 0.4) is 0 Å². The molecule has 1 aromatic heterocycles. The van der Waals surface area contributed by atoms with E-state index in [4.69, 9.17) is 0 Å². The number of hydrogen-bond acceptors (Lipinski definition) is 5. The fourth-order valence-corrected chi connectivity index (χ4v) is 4.06. The minimum Gasteiger partial charge on any atom is -0.372 e. The number of aromatic nitrogens is 1. The maximum atomic E-state index is 12.7. The molecular formula is C13H22N4O2S. The second kappa shape index (κ2) is 6.07. The molecule has 0 unspecified atom stereocenters. The molecule has 1 aromatic rings. The van der Waals surface area contributed by atoms with Crippen molar-refractivity contribution in [3.8, 4) is 0 Å². The number of nitrogens with zero attached hydrogens (tertiary/aromatic N) is 3. The summed E-state index contributed by atoms with van der Waals surface area (Å²) in [6, 6.07) is 3.30. The highest BCUT2D eigenvalue weighted by Gasteiger charge is 2.31. The lowest BCUT2D eigenvalue weighted by Gasteiger charge is -2.34. The zero-order valence-corrected chi connectivity index (χ0v) is 13.0. The maximum absolute atomic E-state index is 12.7. The van der Waals surface area contributed by atoms with Gasteiger partial charge >= 0.3 is 0 Å². The summed E-state index contributed by atoms with van der Waals surface area (Å²) in [7, 11) is 1.89. The topological polar surface area (TPSA) is 65.5 Å². The first-order valence-corrected chi connectivity index (χ1v) is 8.20. The fourth-order valence-electron chi connectivity index (χ4n) is 2.50. The lowest BCUT2D eigenvalue weighted by molar-refractivity contribution is 0.197. The van der Waals surface area contributed by atoms with E-state index in [0.29, 0.717) is 5.82 Å². The Balaban J connectivity index is 2.25. The third kappa shape index (κ3) is 2.94. The number of hydrogen-bond donors (Lipinski definition) is 1. The normalized spacial score (nSPS) is 18.4. The van der Waals surface area contributed by atoms with Gasteiger partial charge in [0, 0.05) is 26.3 Å². The molecule has 1 fully saturated rings. The van der Waals surface area contributed by atoms with Crippen LogP contribution in [0.5, 0.6) is 0 Å².